The molecule has 0 aliphatic carbocycles. The number of benzene rings is 1. The third kappa shape index (κ3) is 3.28. The van der Waals surface area contributed by atoms with Crippen molar-refractivity contribution in [2.24, 2.45) is 0 Å². The summed E-state index contributed by atoms with van der Waals surface area (Å²) >= 11 is 0. The maximum absolute atomic E-state index is 12.0. The number of carbonyl (C=O) groups excluding carboxylic acids is 1. The molecule has 0 radical (unpaired) electrons. The molecule has 0 spiro atoms. The number of hydrogen-bond acceptors (Lipinski definition) is 5. The Morgan fingerprint density at radius 2 is 2.11 bits per heavy atom. The highest BCUT2D eigenvalue weighted by atomic mass is 16.2. The minimum Gasteiger partial charge on any atom is -0.383 e. The Morgan fingerprint density at radius 1 is 1.30 bits per heavy atom. The topological polar surface area (TPSA) is 89.9 Å². The number of anilines is 1. The van der Waals surface area contributed by atoms with E-state index in [9.17, 15) is 4.79 Å². The maximum atomic E-state index is 12.0. The van der Waals surface area contributed by atoms with Gasteiger partial charge < -0.3 is 10.6 Å². The summed E-state index contributed by atoms with van der Waals surface area (Å²) in [6.07, 6.45) is 5.35. The van der Waals surface area contributed by atoms with Crippen LogP contribution in [0.15, 0.2) is 49.3 Å². The number of hydrogen-bond donors (Lipinski definition) is 1. The van der Waals surface area contributed by atoms with Crippen LogP contribution in [0.2, 0.25) is 0 Å². The van der Waals surface area contributed by atoms with Gasteiger partial charge in [0.25, 0.3) is 0 Å². The first-order valence-corrected chi connectivity index (χ1v) is 9.10. The monoisotopic (exact) mass is 362 g/mol. The molecule has 1 aliphatic heterocycles. The molecule has 1 saturated heterocycles. The van der Waals surface area contributed by atoms with Crippen LogP contribution < -0.4 is 5.73 Å². The van der Waals surface area contributed by atoms with Crippen LogP contribution in [0.4, 0.5) is 5.82 Å². The van der Waals surface area contributed by atoms with Gasteiger partial charge in [0.1, 0.15) is 12.1 Å². The van der Waals surface area contributed by atoms with E-state index in [1.165, 1.54) is 12.4 Å². The Kier molecular flexibility index (Phi) is 4.58. The van der Waals surface area contributed by atoms with Crippen LogP contribution in [0.5, 0.6) is 0 Å². The summed E-state index contributed by atoms with van der Waals surface area (Å²) in [5.41, 5.74) is 8.91. The smallest absolute Gasteiger partial charge is 0.246 e. The first-order valence-electron chi connectivity index (χ1n) is 9.10. The average molecular weight is 362 g/mol. The summed E-state index contributed by atoms with van der Waals surface area (Å²) < 4.78 is 1.92. The van der Waals surface area contributed by atoms with E-state index < -0.39 is 0 Å². The fourth-order valence-electron chi connectivity index (χ4n) is 3.72. The molecule has 27 heavy (non-hydrogen) atoms. The highest BCUT2D eigenvalue weighted by molar-refractivity contribution is 5.89. The van der Waals surface area contributed by atoms with Gasteiger partial charge in [-0.15, -0.1) is 0 Å². The van der Waals surface area contributed by atoms with E-state index in [-0.39, 0.29) is 11.9 Å². The number of amides is 1. The lowest BCUT2D eigenvalue weighted by atomic mass is 10.1. The molecule has 0 saturated carbocycles. The second-order valence-corrected chi connectivity index (χ2v) is 6.80. The van der Waals surface area contributed by atoms with Gasteiger partial charge in [0, 0.05) is 19.5 Å². The lowest BCUT2D eigenvalue weighted by molar-refractivity contribution is -0.127. The van der Waals surface area contributed by atoms with E-state index in [0.29, 0.717) is 18.8 Å². The number of rotatable bonds is 4. The summed E-state index contributed by atoms with van der Waals surface area (Å²) in [5, 5.41) is 5.66. The van der Waals surface area contributed by atoms with Crippen molar-refractivity contribution < 1.29 is 4.79 Å². The van der Waals surface area contributed by atoms with Gasteiger partial charge in [0.2, 0.25) is 5.91 Å². The van der Waals surface area contributed by atoms with E-state index >= 15 is 0 Å². The predicted molar refractivity (Wildman–Crippen MR) is 104 cm³/mol. The summed E-state index contributed by atoms with van der Waals surface area (Å²) in [6, 6.07) is 10.2. The van der Waals surface area contributed by atoms with Gasteiger partial charge in [-0.05, 0) is 24.5 Å². The van der Waals surface area contributed by atoms with Crippen LogP contribution >= 0.6 is 0 Å². The van der Waals surface area contributed by atoms with Gasteiger partial charge in [0.05, 0.1) is 17.1 Å². The minimum absolute atomic E-state index is 0.0465. The Hall–Kier alpha value is -3.22. The normalized spacial score (nSPS) is 17.2. The number of likely N-dealkylation sites (tertiary alicyclic amines) is 1. The number of nitrogens with zero attached hydrogens (tertiary/aromatic N) is 5. The molecule has 138 valence electrons. The minimum atomic E-state index is -0.0465. The van der Waals surface area contributed by atoms with Gasteiger partial charge in [-0.2, -0.15) is 5.10 Å². The van der Waals surface area contributed by atoms with Crippen LogP contribution in [-0.2, 0) is 11.2 Å². The molecule has 1 unspecified atom stereocenters. The zero-order valence-electron chi connectivity index (χ0n) is 15.1. The summed E-state index contributed by atoms with van der Waals surface area (Å²) in [6.45, 7) is 4.93. The molecule has 7 nitrogen and oxygen atoms in total. The van der Waals surface area contributed by atoms with E-state index in [4.69, 9.17) is 10.8 Å². The molecule has 0 bridgehead atoms. The summed E-state index contributed by atoms with van der Waals surface area (Å²) in [4.78, 5) is 22.5. The van der Waals surface area contributed by atoms with Crippen LogP contribution in [0.1, 0.15) is 30.1 Å². The van der Waals surface area contributed by atoms with Gasteiger partial charge in [0.15, 0.2) is 5.65 Å². The Bertz CT molecular complexity index is 981. The number of carbonyl (C=O) groups is 1. The molecule has 1 fully saturated rings. The third-order valence-electron chi connectivity index (χ3n) is 5.03. The fraction of sp³-hybridized carbons (Fsp3) is 0.300. The van der Waals surface area contributed by atoms with Crippen molar-refractivity contribution in [2.45, 2.75) is 25.3 Å². The molecule has 3 heterocycles. The van der Waals surface area contributed by atoms with Crippen LogP contribution in [-0.4, -0.2) is 43.6 Å². The lowest BCUT2D eigenvalue weighted by Crippen LogP contribution is -2.40. The van der Waals surface area contributed by atoms with E-state index in [1.807, 2.05) is 27.8 Å². The first-order chi connectivity index (χ1) is 13.2. The fourth-order valence-corrected chi connectivity index (χ4v) is 3.72. The molecule has 2 N–H and O–H groups in total. The molecule has 1 amide bonds. The summed E-state index contributed by atoms with van der Waals surface area (Å²) in [5.74, 6) is 0.391. The number of nitrogens with two attached hydrogens (primary N) is 1. The van der Waals surface area contributed by atoms with Crippen molar-refractivity contribution in [3.63, 3.8) is 0 Å². The predicted octanol–water partition coefficient (Wildman–Crippen LogP) is 2.35. The standard InChI is InChI=1S/C20H22N6O/c1-2-17(27)25-10-6-9-15(12-25)26-20-18(19(21)22-13-23-20)16(24-26)11-14-7-4-3-5-8-14/h2-5,7-8,13,15H,1,6,9-12H2,(H2,21,22,23). The van der Waals surface area contributed by atoms with Gasteiger partial charge in [-0.3, -0.25) is 4.79 Å². The van der Waals surface area contributed by atoms with Gasteiger partial charge in [-0.1, -0.05) is 36.9 Å². The van der Waals surface area contributed by atoms with Crippen molar-refractivity contribution in [3.8, 4) is 0 Å². The Balaban J connectivity index is 1.74. The van der Waals surface area contributed by atoms with Crippen molar-refractivity contribution in [1.29, 1.82) is 0 Å². The Morgan fingerprint density at radius 3 is 2.89 bits per heavy atom. The lowest BCUT2D eigenvalue weighted by Gasteiger charge is -2.32. The van der Waals surface area contributed by atoms with Crippen LogP contribution in [0.3, 0.4) is 0 Å². The highest BCUT2D eigenvalue weighted by Gasteiger charge is 2.27. The average Bonchev–Trinajstić information content (AvgIpc) is 3.08. The van der Waals surface area contributed by atoms with E-state index in [0.717, 1.165) is 41.7 Å². The molecule has 2 aromatic heterocycles. The van der Waals surface area contributed by atoms with Gasteiger partial charge >= 0.3 is 0 Å². The second kappa shape index (κ2) is 7.19. The zero-order chi connectivity index (χ0) is 18.8. The number of nitrogen functional groups attached to an aromatic ring is 1. The quantitative estimate of drug-likeness (QED) is 0.720. The molecule has 7 heteroatoms. The first kappa shape index (κ1) is 17.2. The second-order valence-electron chi connectivity index (χ2n) is 6.80. The number of aromatic nitrogens is 4. The largest absolute Gasteiger partial charge is 0.383 e. The van der Waals surface area contributed by atoms with Crippen molar-refractivity contribution in [1.82, 2.24) is 24.6 Å². The zero-order valence-corrected chi connectivity index (χ0v) is 15.1. The van der Waals surface area contributed by atoms with E-state index in [2.05, 4.69) is 28.7 Å². The maximum Gasteiger partial charge on any atom is 0.246 e. The van der Waals surface area contributed by atoms with E-state index in [1.54, 1.807) is 0 Å². The SMILES string of the molecule is C=CC(=O)N1CCCC(n2nc(Cc3ccccc3)c3c(N)ncnc32)C1. The van der Waals surface area contributed by atoms with Crippen LogP contribution in [0, 0.1) is 0 Å². The highest BCUT2D eigenvalue weighted by Crippen LogP contribution is 2.29. The Labute approximate surface area is 157 Å². The number of piperidine rings is 1. The molecule has 1 atom stereocenters. The van der Waals surface area contributed by atoms with Crippen molar-refractivity contribution in [2.75, 3.05) is 18.8 Å². The van der Waals surface area contributed by atoms with Crippen molar-refractivity contribution in [3.05, 3.63) is 60.6 Å². The van der Waals surface area contributed by atoms with Crippen molar-refractivity contribution >= 4 is 22.8 Å². The molecule has 1 aliphatic rings. The molecular weight excluding hydrogens is 340 g/mol. The van der Waals surface area contributed by atoms with Crippen LogP contribution in [0.25, 0.3) is 11.0 Å². The summed E-state index contributed by atoms with van der Waals surface area (Å²) in [7, 11) is 0. The molecular formula is C20H22N6O. The third-order valence-corrected chi connectivity index (χ3v) is 5.03. The molecule has 1 aromatic carbocycles. The molecule has 3 aromatic rings. The molecule has 4 rings (SSSR count). The van der Waals surface area contributed by atoms with Gasteiger partial charge in [-0.25, -0.2) is 14.6 Å². The number of fused-ring (bicyclic) bond motifs is 1.